The molecule has 1 rings (SSSR count). The summed E-state index contributed by atoms with van der Waals surface area (Å²) in [6.45, 7) is 3.42. The molecule has 0 aliphatic heterocycles. The lowest BCUT2D eigenvalue weighted by atomic mass is 10.1. The van der Waals surface area contributed by atoms with Crippen LogP contribution in [0.25, 0.3) is 0 Å². The first-order chi connectivity index (χ1) is 8.32. The maximum absolute atomic E-state index is 13.6. The number of amides is 1. The molecule has 0 unspecified atom stereocenters. The van der Waals surface area contributed by atoms with Crippen molar-refractivity contribution in [2.24, 2.45) is 0 Å². The Labute approximate surface area is 109 Å². The van der Waals surface area contributed by atoms with E-state index in [-0.39, 0.29) is 6.54 Å². The van der Waals surface area contributed by atoms with Crippen LogP contribution in [0.4, 0.5) is 14.5 Å². The zero-order valence-corrected chi connectivity index (χ0v) is 10.5. The average molecular weight is 321 g/mol. The number of nitro groups is 1. The monoisotopic (exact) mass is 320 g/mol. The maximum atomic E-state index is 13.6. The standard InChI is InChI=1S/C10H7BrF2N2O3/c1-5(11)4-14-10(16)7-2-6(12)3-8(9(7)13)15(17)18/h2-3H,1,4H2,(H,14,16). The molecular weight excluding hydrogens is 314 g/mol. The molecule has 0 saturated heterocycles. The van der Waals surface area contributed by atoms with Gasteiger partial charge in [0.2, 0.25) is 5.82 Å². The van der Waals surface area contributed by atoms with Crippen molar-refractivity contribution in [1.82, 2.24) is 5.32 Å². The molecule has 0 fully saturated rings. The van der Waals surface area contributed by atoms with Gasteiger partial charge < -0.3 is 5.32 Å². The lowest BCUT2D eigenvalue weighted by Crippen LogP contribution is -2.25. The van der Waals surface area contributed by atoms with Crippen molar-refractivity contribution in [3.8, 4) is 0 Å². The molecule has 5 nitrogen and oxygen atoms in total. The highest BCUT2D eigenvalue weighted by Gasteiger charge is 2.23. The zero-order chi connectivity index (χ0) is 13.9. The minimum atomic E-state index is -1.38. The fourth-order valence-electron chi connectivity index (χ4n) is 1.14. The van der Waals surface area contributed by atoms with Gasteiger partial charge in [0.1, 0.15) is 5.82 Å². The van der Waals surface area contributed by atoms with Crippen molar-refractivity contribution in [3.63, 3.8) is 0 Å². The fourth-order valence-corrected chi connectivity index (χ4v) is 1.28. The molecule has 0 bridgehead atoms. The molecule has 0 aliphatic rings. The molecule has 1 amide bonds. The van der Waals surface area contributed by atoms with Crippen LogP contribution in [0.5, 0.6) is 0 Å². The Bertz CT molecular complexity index is 534. The van der Waals surface area contributed by atoms with Gasteiger partial charge in [-0.3, -0.25) is 14.9 Å². The van der Waals surface area contributed by atoms with Crippen LogP contribution in [-0.2, 0) is 0 Å². The summed E-state index contributed by atoms with van der Waals surface area (Å²) < 4.78 is 27.0. The second-order valence-corrected chi connectivity index (χ2v) is 4.36. The van der Waals surface area contributed by atoms with Crippen LogP contribution in [0.15, 0.2) is 23.2 Å². The molecule has 0 aliphatic carbocycles. The molecule has 1 aromatic rings. The van der Waals surface area contributed by atoms with E-state index in [1.54, 1.807) is 0 Å². The third kappa shape index (κ3) is 3.33. The Morgan fingerprint density at radius 3 is 2.61 bits per heavy atom. The van der Waals surface area contributed by atoms with Gasteiger partial charge in [0.25, 0.3) is 5.91 Å². The molecule has 0 radical (unpaired) electrons. The van der Waals surface area contributed by atoms with E-state index in [1.807, 2.05) is 0 Å². The Kier molecular flexibility index (Phi) is 4.49. The SMILES string of the molecule is C=C(Br)CNC(=O)c1cc(F)cc([N+](=O)[O-])c1F. The summed E-state index contributed by atoms with van der Waals surface area (Å²) in [5.74, 6) is -3.40. The highest BCUT2D eigenvalue weighted by molar-refractivity contribution is 9.11. The molecule has 96 valence electrons. The van der Waals surface area contributed by atoms with E-state index in [0.29, 0.717) is 16.6 Å². The summed E-state index contributed by atoms with van der Waals surface area (Å²) in [4.78, 5) is 20.9. The van der Waals surface area contributed by atoms with E-state index in [2.05, 4.69) is 27.8 Å². The Balaban J connectivity index is 3.12. The van der Waals surface area contributed by atoms with E-state index in [0.717, 1.165) is 0 Å². The third-order valence-electron chi connectivity index (χ3n) is 1.90. The summed E-state index contributed by atoms with van der Waals surface area (Å²) >= 11 is 2.96. The largest absolute Gasteiger partial charge is 0.347 e. The number of nitro benzene ring substituents is 1. The summed E-state index contributed by atoms with van der Waals surface area (Å²) in [6, 6.07) is 1.00. The molecule has 8 heteroatoms. The molecular formula is C10H7BrF2N2O3. The van der Waals surface area contributed by atoms with Gasteiger partial charge in [-0.25, -0.2) is 4.39 Å². The molecule has 0 aromatic heterocycles. The highest BCUT2D eigenvalue weighted by atomic mass is 79.9. The van der Waals surface area contributed by atoms with Crippen LogP contribution in [-0.4, -0.2) is 17.4 Å². The topological polar surface area (TPSA) is 72.2 Å². The van der Waals surface area contributed by atoms with E-state index in [9.17, 15) is 23.7 Å². The lowest BCUT2D eigenvalue weighted by Gasteiger charge is -2.05. The Hall–Kier alpha value is -1.83. The maximum Gasteiger partial charge on any atom is 0.308 e. The number of nitrogens with zero attached hydrogens (tertiary/aromatic N) is 1. The number of nitrogens with one attached hydrogen (secondary N) is 1. The zero-order valence-electron chi connectivity index (χ0n) is 8.87. The summed E-state index contributed by atoms with van der Waals surface area (Å²) in [6.07, 6.45) is 0. The van der Waals surface area contributed by atoms with Crippen LogP contribution < -0.4 is 5.32 Å². The lowest BCUT2D eigenvalue weighted by molar-refractivity contribution is -0.387. The molecule has 0 heterocycles. The van der Waals surface area contributed by atoms with Crippen molar-refractivity contribution in [1.29, 1.82) is 0 Å². The van der Waals surface area contributed by atoms with Gasteiger partial charge in [-0.15, -0.1) is 0 Å². The second kappa shape index (κ2) is 5.67. The van der Waals surface area contributed by atoms with E-state index < -0.39 is 33.7 Å². The van der Waals surface area contributed by atoms with Crippen molar-refractivity contribution < 1.29 is 18.5 Å². The number of halogens is 3. The predicted molar refractivity (Wildman–Crippen MR) is 63.4 cm³/mol. The molecule has 1 N–H and O–H groups in total. The van der Waals surface area contributed by atoms with Gasteiger partial charge in [-0.1, -0.05) is 22.5 Å². The minimum Gasteiger partial charge on any atom is -0.347 e. The van der Waals surface area contributed by atoms with Crippen LogP contribution >= 0.6 is 15.9 Å². The van der Waals surface area contributed by atoms with Gasteiger partial charge >= 0.3 is 5.69 Å². The molecule has 0 spiro atoms. The number of rotatable bonds is 4. The van der Waals surface area contributed by atoms with E-state index in [1.165, 1.54) is 0 Å². The van der Waals surface area contributed by atoms with Crippen molar-refractivity contribution in [2.45, 2.75) is 0 Å². The first-order valence-electron chi connectivity index (χ1n) is 4.58. The van der Waals surface area contributed by atoms with Crippen LogP contribution in [0, 0.1) is 21.7 Å². The summed E-state index contributed by atoms with van der Waals surface area (Å²) in [7, 11) is 0. The molecule has 0 atom stereocenters. The van der Waals surface area contributed by atoms with Crippen LogP contribution in [0.3, 0.4) is 0 Å². The normalized spacial score (nSPS) is 9.94. The second-order valence-electron chi connectivity index (χ2n) is 3.24. The van der Waals surface area contributed by atoms with Crippen LogP contribution in [0.2, 0.25) is 0 Å². The van der Waals surface area contributed by atoms with E-state index in [4.69, 9.17) is 0 Å². The number of hydrogen-bond acceptors (Lipinski definition) is 3. The van der Waals surface area contributed by atoms with Gasteiger partial charge in [0.05, 0.1) is 16.6 Å². The first kappa shape index (κ1) is 14.2. The van der Waals surface area contributed by atoms with Gasteiger partial charge in [-0.05, 0) is 6.07 Å². The summed E-state index contributed by atoms with van der Waals surface area (Å²) in [5.41, 5.74) is -1.81. The van der Waals surface area contributed by atoms with Crippen molar-refractivity contribution in [2.75, 3.05) is 6.54 Å². The number of carbonyl (C=O) groups is 1. The highest BCUT2D eigenvalue weighted by Crippen LogP contribution is 2.22. The average Bonchev–Trinajstić information content (AvgIpc) is 2.28. The predicted octanol–water partition coefficient (Wildman–Crippen LogP) is 2.51. The van der Waals surface area contributed by atoms with Crippen molar-refractivity contribution in [3.05, 3.63) is 50.5 Å². The Morgan fingerprint density at radius 2 is 2.11 bits per heavy atom. The molecule has 18 heavy (non-hydrogen) atoms. The van der Waals surface area contributed by atoms with Gasteiger partial charge in [0.15, 0.2) is 0 Å². The van der Waals surface area contributed by atoms with Gasteiger partial charge in [0, 0.05) is 11.0 Å². The third-order valence-corrected chi connectivity index (χ3v) is 2.18. The molecule has 0 saturated carbocycles. The van der Waals surface area contributed by atoms with Gasteiger partial charge in [-0.2, -0.15) is 4.39 Å². The number of hydrogen-bond donors (Lipinski definition) is 1. The quantitative estimate of drug-likeness (QED) is 0.684. The van der Waals surface area contributed by atoms with E-state index >= 15 is 0 Å². The van der Waals surface area contributed by atoms with Crippen LogP contribution in [0.1, 0.15) is 10.4 Å². The number of benzene rings is 1. The Morgan fingerprint density at radius 1 is 1.50 bits per heavy atom. The first-order valence-corrected chi connectivity index (χ1v) is 5.37. The summed E-state index contributed by atoms with van der Waals surface area (Å²) in [5, 5.41) is 12.7. The number of carbonyl (C=O) groups excluding carboxylic acids is 1. The van der Waals surface area contributed by atoms with Crippen molar-refractivity contribution >= 4 is 27.5 Å². The fraction of sp³-hybridized carbons (Fsp3) is 0.100. The smallest absolute Gasteiger partial charge is 0.308 e. The minimum absolute atomic E-state index is 0.0113. The molecule has 1 aromatic carbocycles.